The van der Waals surface area contributed by atoms with Crippen molar-refractivity contribution in [1.82, 2.24) is 0 Å². The second kappa shape index (κ2) is 5.91. The number of hydrogen-bond acceptors (Lipinski definition) is 7. The molecule has 0 aromatic rings. The molecule has 0 unspecified atom stereocenters. The van der Waals surface area contributed by atoms with Crippen molar-refractivity contribution in [1.29, 1.82) is 0 Å². The summed E-state index contributed by atoms with van der Waals surface area (Å²) >= 11 is 0. The van der Waals surface area contributed by atoms with Gasteiger partial charge in [-0.2, -0.15) is 0 Å². The molecule has 4 fully saturated rings. The van der Waals surface area contributed by atoms with Gasteiger partial charge in [0.15, 0.2) is 6.29 Å². The monoisotopic (exact) mass is 332 g/mol. The van der Waals surface area contributed by atoms with Crippen LogP contribution in [0.4, 0.5) is 0 Å². The number of aliphatic hydroxyl groups is 4. The van der Waals surface area contributed by atoms with Gasteiger partial charge in [-0.3, -0.25) is 0 Å². The van der Waals surface area contributed by atoms with E-state index < -0.39 is 37.3 Å². The second-order valence-corrected chi connectivity index (χ2v) is 7.88. The van der Waals surface area contributed by atoms with Crippen molar-refractivity contribution in [2.45, 2.75) is 88.0 Å². The van der Waals surface area contributed by atoms with Gasteiger partial charge in [-0.25, -0.2) is 0 Å². The molecule has 4 aliphatic rings. The van der Waals surface area contributed by atoms with Gasteiger partial charge in [0, 0.05) is 12.3 Å². The highest BCUT2D eigenvalue weighted by molar-refractivity contribution is 5.03. The maximum absolute atomic E-state index is 10.1. The highest BCUT2D eigenvalue weighted by atomic mass is 16.7. The van der Waals surface area contributed by atoms with E-state index in [1.807, 2.05) is 13.8 Å². The Kier molecular flexibility index (Phi) is 4.51. The van der Waals surface area contributed by atoms with E-state index in [4.69, 9.17) is 14.2 Å². The molecule has 0 aromatic carbocycles. The zero-order chi connectivity index (χ0) is 17.0. The van der Waals surface area contributed by atoms with Crippen LogP contribution in [0.5, 0.6) is 0 Å². The van der Waals surface area contributed by atoms with E-state index >= 15 is 0 Å². The van der Waals surface area contributed by atoms with Crippen LogP contribution in [0.1, 0.15) is 40.0 Å². The lowest BCUT2D eigenvalue weighted by atomic mass is 9.67. The van der Waals surface area contributed by atoms with E-state index in [0.29, 0.717) is 6.42 Å². The maximum atomic E-state index is 10.1. The minimum absolute atomic E-state index is 0.164. The van der Waals surface area contributed by atoms with E-state index in [0.717, 1.165) is 12.8 Å². The standard InChI is InChI=1S/C16H28O7/c1-15(2)8-4-5-16(3,23-15)6-9(8)21-14-13(20)12(19)11(18)10(7-17)22-14/h8-14,17-20H,4-7H2,1-3H3/t8-,9-,10+,11+,12-,13+,14+,16+/m0/s1. The van der Waals surface area contributed by atoms with E-state index in [9.17, 15) is 20.4 Å². The van der Waals surface area contributed by atoms with Crippen molar-refractivity contribution >= 4 is 0 Å². The minimum Gasteiger partial charge on any atom is -0.394 e. The molecule has 3 saturated heterocycles. The quantitative estimate of drug-likeness (QED) is 0.554. The van der Waals surface area contributed by atoms with E-state index in [-0.39, 0.29) is 23.2 Å². The largest absolute Gasteiger partial charge is 0.394 e. The molecule has 23 heavy (non-hydrogen) atoms. The summed E-state index contributed by atoms with van der Waals surface area (Å²) in [5.41, 5.74) is -0.596. The fourth-order valence-corrected chi connectivity index (χ4v) is 4.41. The molecule has 4 rings (SSSR count). The van der Waals surface area contributed by atoms with E-state index in [1.165, 1.54) is 0 Å². The first-order chi connectivity index (χ1) is 10.7. The SMILES string of the molecule is CC1(C)O[C@]2(C)CC[C@H]1[C@@H](O[C@@H]1O[C@H](CO)[C@@H](O)[C@H](O)[C@H]1O)C2. The molecular weight excluding hydrogens is 304 g/mol. The highest BCUT2D eigenvalue weighted by Crippen LogP contribution is 2.51. The Balaban J connectivity index is 1.74. The molecule has 3 aliphatic heterocycles. The zero-order valence-corrected chi connectivity index (χ0v) is 13.9. The van der Waals surface area contributed by atoms with Crippen LogP contribution in [-0.4, -0.2) is 75.0 Å². The van der Waals surface area contributed by atoms with Crippen LogP contribution in [0.3, 0.4) is 0 Å². The van der Waals surface area contributed by atoms with Gasteiger partial charge in [-0.1, -0.05) is 0 Å². The summed E-state index contributed by atoms with van der Waals surface area (Å²) in [5, 5.41) is 39.1. The topological polar surface area (TPSA) is 109 Å². The summed E-state index contributed by atoms with van der Waals surface area (Å²) in [6.45, 7) is 5.69. The molecule has 7 heteroatoms. The first-order valence-electron chi connectivity index (χ1n) is 8.33. The smallest absolute Gasteiger partial charge is 0.186 e. The first-order valence-corrected chi connectivity index (χ1v) is 8.33. The summed E-state index contributed by atoms with van der Waals surface area (Å²) < 4.78 is 17.6. The van der Waals surface area contributed by atoms with Crippen LogP contribution in [0.25, 0.3) is 0 Å². The Morgan fingerprint density at radius 3 is 2.35 bits per heavy atom. The molecule has 2 bridgehead atoms. The van der Waals surface area contributed by atoms with Gasteiger partial charge in [0.1, 0.15) is 24.4 Å². The van der Waals surface area contributed by atoms with Gasteiger partial charge in [-0.05, 0) is 33.6 Å². The Morgan fingerprint density at radius 2 is 1.78 bits per heavy atom. The maximum Gasteiger partial charge on any atom is 0.186 e. The van der Waals surface area contributed by atoms with E-state index in [2.05, 4.69) is 6.92 Å². The molecule has 4 N–H and O–H groups in total. The van der Waals surface area contributed by atoms with Crippen LogP contribution in [-0.2, 0) is 14.2 Å². The van der Waals surface area contributed by atoms with Gasteiger partial charge >= 0.3 is 0 Å². The zero-order valence-electron chi connectivity index (χ0n) is 13.9. The summed E-state index contributed by atoms with van der Waals surface area (Å²) in [6.07, 6.45) is -3.70. The van der Waals surface area contributed by atoms with Crippen LogP contribution >= 0.6 is 0 Å². The predicted molar refractivity (Wildman–Crippen MR) is 79.6 cm³/mol. The van der Waals surface area contributed by atoms with Gasteiger partial charge in [0.05, 0.1) is 23.9 Å². The third kappa shape index (κ3) is 3.04. The lowest BCUT2D eigenvalue weighted by molar-refractivity contribution is -0.344. The van der Waals surface area contributed by atoms with Crippen molar-refractivity contribution in [2.75, 3.05) is 6.61 Å². The van der Waals surface area contributed by atoms with Gasteiger partial charge < -0.3 is 34.6 Å². The third-order valence-electron chi connectivity index (χ3n) is 5.63. The fraction of sp³-hybridized carbons (Fsp3) is 1.00. The first kappa shape index (κ1) is 17.5. The molecule has 134 valence electrons. The second-order valence-electron chi connectivity index (χ2n) is 7.88. The number of rotatable bonds is 3. The number of fused-ring (bicyclic) bond motifs is 3. The number of hydrogen-bond donors (Lipinski definition) is 4. The van der Waals surface area contributed by atoms with Crippen molar-refractivity contribution in [3.05, 3.63) is 0 Å². The fourth-order valence-electron chi connectivity index (χ4n) is 4.41. The summed E-state index contributed by atoms with van der Waals surface area (Å²) in [4.78, 5) is 0. The van der Waals surface area contributed by atoms with Gasteiger partial charge in [-0.15, -0.1) is 0 Å². The summed E-state index contributed by atoms with van der Waals surface area (Å²) in [6, 6.07) is 0. The Bertz CT molecular complexity index is 437. The summed E-state index contributed by atoms with van der Waals surface area (Å²) in [7, 11) is 0. The molecule has 3 heterocycles. The Morgan fingerprint density at radius 1 is 1.09 bits per heavy atom. The van der Waals surface area contributed by atoms with Crippen molar-refractivity contribution in [3.8, 4) is 0 Å². The molecule has 0 amide bonds. The highest BCUT2D eigenvalue weighted by Gasteiger charge is 2.55. The number of ether oxygens (including phenoxy) is 3. The molecule has 0 spiro atoms. The third-order valence-corrected chi connectivity index (χ3v) is 5.63. The average Bonchev–Trinajstić information content (AvgIpc) is 2.46. The van der Waals surface area contributed by atoms with E-state index in [1.54, 1.807) is 0 Å². The molecule has 1 aliphatic carbocycles. The lowest BCUT2D eigenvalue weighted by Gasteiger charge is -2.57. The lowest BCUT2D eigenvalue weighted by Crippen LogP contribution is -2.64. The normalized spacial score (nSPS) is 52.6. The van der Waals surface area contributed by atoms with Crippen molar-refractivity contribution < 1.29 is 34.6 Å². The minimum atomic E-state index is -1.41. The van der Waals surface area contributed by atoms with Crippen molar-refractivity contribution in [2.24, 2.45) is 5.92 Å². The molecule has 1 saturated carbocycles. The number of aliphatic hydroxyl groups excluding tert-OH is 4. The van der Waals surface area contributed by atoms with Crippen LogP contribution in [0.15, 0.2) is 0 Å². The molecule has 0 aromatic heterocycles. The van der Waals surface area contributed by atoms with Crippen LogP contribution < -0.4 is 0 Å². The summed E-state index contributed by atoms with van der Waals surface area (Å²) in [5.74, 6) is 0.164. The van der Waals surface area contributed by atoms with Gasteiger partial charge in [0.25, 0.3) is 0 Å². The Labute approximate surface area is 136 Å². The predicted octanol–water partition coefficient (Wildman–Crippen LogP) is -0.461. The average molecular weight is 332 g/mol. The van der Waals surface area contributed by atoms with Crippen molar-refractivity contribution in [3.63, 3.8) is 0 Å². The van der Waals surface area contributed by atoms with Crippen LogP contribution in [0, 0.1) is 5.92 Å². The molecule has 7 nitrogen and oxygen atoms in total. The molecule has 0 radical (unpaired) electrons. The Hall–Kier alpha value is -0.280. The molecule has 8 atom stereocenters. The molecular formula is C16H28O7. The van der Waals surface area contributed by atoms with Gasteiger partial charge in [0.2, 0.25) is 0 Å². The van der Waals surface area contributed by atoms with Crippen LogP contribution in [0.2, 0.25) is 0 Å².